The van der Waals surface area contributed by atoms with Gasteiger partial charge >= 0.3 is 0 Å². The second kappa shape index (κ2) is 10.5. The van der Waals surface area contributed by atoms with Crippen molar-refractivity contribution in [3.05, 3.63) is 150 Å². The first kappa shape index (κ1) is 19.2. The molecule has 1 aromatic carbocycles. The molecule has 0 aliphatic heterocycles. The Morgan fingerprint density at radius 1 is 0.536 bits per heavy atom. The fourth-order valence-electron chi connectivity index (χ4n) is 2.64. The second-order valence-corrected chi connectivity index (χ2v) is 6.35. The molecule has 2 aliphatic carbocycles. The molecule has 1 heteroatoms. The maximum Gasteiger partial charge on any atom is 0.0408 e. The molecule has 0 fully saturated rings. The van der Waals surface area contributed by atoms with Gasteiger partial charge < -0.3 is 4.90 Å². The quantitative estimate of drug-likeness (QED) is 0.558. The molecular formula is C27H25N. The van der Waals surface area contributed by atoms with Crippen molar-refractivity contribution in [2.45, 2.75) is 0 Å². The van der Waals surface area contributed by atoms with Crippen molar-refractivity contribution in [3.63, 3.8) is 0 Å². The van der Waals surface area contributed by atoms with E-state index in [1.807, 2.05) is 54.6 Å². The molecule has 0 unspecified atom stereocenters. The third kappa shape index (κ3) is 6.30. The number of rotatable bonds is 2. The third-order valence-electron chi connectivity index (χ3n) is 4.29. The predicted molar refractivity (Wildman–Crippen MR) is 122 cm³/mol. The molecule has 1 aromatic rings. The van der Waals surface area contributed by atoms with Crippen molar-refractivity contribution in [1.82, 2.24) is 0 Å². The van der Waals surface area contributed by atoms with E-state index in [0.29, 0.717) is 0 Å². The van der Waals surface area contributed by atoms with Crippen LogP contribution in [-0.2, 0) is 0 Å². The van der Waals surface area contributed by atoms with E-state index in [4.69, 9.17) is 0 Å². The van der Waals surface area contributed by atoms with Crippen molar-refractivity contribution < 1.29 is 0 Å². The largest absolute Gasteiger partial charge is 0.345 e. The molecular weight excluding hydrogens is 338 g/mol. The topological polar surface area (TPSA) is 3.24 Å². The number of likely N-dealkylation sites (N-methyl/N-ethyl adjacent to an activating group) is 1. The van der Waals surface area contributed by atoms with E-state index < -0.39 is 0 Å². The van der Waals surface area contributed by atoms with Crippen LogP contribution in [0.3, 0.4) is 0 Å². The first-order valence-corrected chi connectivity index (χ1v) is 9.45. The number of fused-ring (bicyclic) bond motifs is 1. The maximum atomic E-state index is 2.18. The molecule has 0 bridgehead atoms. The zero-order valence-corrected chi connectivity index (χ0v) is 16.1. The van der Waals surface area contributed by atoms with Crippen molar-refractivity contribution in [1.29, 1.82) is 0 Å². The summed E-state index contributed by atoms with van der Waals surface area (Å²) in [6, 6.07) is 26.5. The molecule has 0 atom stereocenters. The Kier molecular flexibility index (Phi) is 7.22. The fourth-order valence-corrected chi connectivity index (χ4v) is 2.64. The van der Waals surface area contributed by atoms with Crippen LogP contribution in [0.5, 0.6) is 0 Å². The van der Waals surface area contributed by atoms with E-state index in [1.54, 1.807) is 0 Å². The second-order valence-electron chi connectivity index (χ2n) is 6.35. The highest BCUT2D eigenvalue weighted by molar-refractivity contribution is 5.65. The van der Waals surface area contributed by atoms with Crippen molar-refractivity contribution in [3.8, 4) is 0 Å². The van der Waals surface area contributed by atoms with E-state index in [1.165, 1.54) is 11.1 Å². The van der Waals surface area contributed by atoms with Crippen LogP contribution in [0.15, 0.2) is 150 Å². The Morgan fingerprint density at radius 3 is 1.79 bits per heavy atom. The Morgan fingerprint density at radius 2 is 1.14 bits per heavy atom. The van der Waals surface area contributed by atoms with Crippen LogP contribution < -0.4 is 4.90 Å². The lowest BCUT2D eigenvalue weighted by Gasteiger charge is -2.19. The van der Waals surface area contributed by atoms with Gasteiger partial charge in [-0.05, 0) is 41.5 Å². The first-order chi connectivity index (χ1) is 13.8. The van der Waals surface area contributed by atoms with Gasteiger partial charge in [0.1, 0.15) is 0 Å². The molecule has 0 aromatic heterocycles. The minimum absolute atomic E-state index is 1.10. The average Bonchev–Trinajstić information content (AvgIpc) is 3.45. The molecule has 1 nitrogen and oxygen atoms in total. The van der Waals surface area contributed by atoms with Gasteiger partial charge in [-0.3, -0.25) is 0 Å². The van der Waals surface area contributed by atoms with Crippen molar-refractivity contribution >= 4 is 5.69 Å². The summed E-state index contributed by atoms with van der Waals surface area (Å²) < 4.78 is 0. The van der Waals surface area contributed by atoms with Gasteiger partial charge in [-0.1, -0.05) is 103 Å². The zero-order valence-electron chi connectivity index (χ0n) is 16.1. The third-order valence-corrected chi connectivity index (χ3v) is 4.29. The van der Waals surface area contributed by atoms with Crippen LogP contribution in [0, 0.1) is 0 Å². The number of hydrogen-bond donors (Lipinski definition) is 0. The fraction of sp³-hybridized carbons (Fsp3) is 0.0370. The Labute approximate surface area is 168 Å². The summed E-state index contributed by atoms with van der Waals surface area (Å²) in [6.07, 6.45) is 19.1. The maximum absolute atomic E-state index is 2.18. The van der Waals surface area contributed by atoms with E-state index in [0.717, 1.165) is 11.4 Å². The standard InChI is InChI=1S/C27H25N/c1-28(27-21-15-11-12-17-24-23-25(24)18-16-22-27)26-19-13-9-7-5-3-2-4-6-8-10-14-20-26/h2-23H,1H3/b3-2?,4-2?,5-3?,6-4?,7-5?,8-6?,9-7?,10-8?,12-11-,13-9?,14-10?,15-11?,17-12?,18-16-,19-13?,20-14?,21-15-,22-16?,24-17+,25-18?,26-19?,26-20?,27-21?,27-22+. The monoisotopic (exact) mass is 363 g/mol. The van der Waals surface area contributed by atoms with Gasteiger partial charge in [0, 0.05) is 18.4 Å². The van der Waals surface area contributed by atoms with E-state index in [9.17, 15) is 0 Å². The molecule has 138 valence electrons. The van der Waals surface area contributed by atoms with Crippen LogP contribution in [0.4, 0.5) is 5.69 Å². The predicted octanol–water partition coefficient (Wildman–Crippen LogP) is 6.80. The lowest BCUT2D eigenvalue weighted by molar-refractivity contribution is 1.14. The van der Waals surface area contributed by atoms with Gasteiger partial charge in [-0.25, -0.2) is 0 Å². The Hall–Kier alpha value is -3.58. The number of allylic oxidation sites excluding steroid dienone is 11. The number of nitrogens with zero attached hydrogens (tertiary/aromatic N) is 1. The molecule has 2 aliphatic rings. The first-order valence-electron chi connectivity index (χ1n) is 9.45. The highest BCUT2D eigenvalue weighted by Gasteiger charge is 2.11. The van der Waals surface area contributed by atoms with Gasteiger partial charge in [-0.15, -0.1) is 0 Å². The van der Waals surface area contributed by atoms with E-state index in [2.05, 4.69) is 90.9 Å². The Bertz CT molecular complexity index is 949. The molecule has 0 saturated heterocycles. The summed E-state index contributed by atoms with van der Waals surface area (Å²) in [5.41, 5.74) is 4.80. The van der Waals surface area contributed by atoms with Crippen molar-refractivity contribution in [2.75, 3.05) is 11.9 Å². The lowest BCUT2D eigenvalue weighted by atomic mass is 10.2. The molecule has 0 radical (unpaired) electrons. The molecule has 0 heterocycles. The summed E-state index contributed by atoms with van der Waals surface area (Å²) in [4.78, 5) is 2.18. The van der Waals surface area contributed by atoms with Crippen LogP contribution in [0.25, 0.3) is 0 Å². The SMILES string of the molecule is CN(C1=C/C=C\C2=CC/2=C\C=C/C=C\1)c1ccccccccccccc1. The van der Waals surface area contributed by atoms with Crippen LogP contribution in [-0.4, -0.2) is 7.05 Å². The minimum Gasteiger partial charge on any atom is -0.345 e. The summed E-state index contributed by atoms with van der Waals surface area (Å²) in [7, 11) is 2.09. The highest BCUT2D eigenvalue weighted by Crippen LogP contribution is 2.29. The average molecular weight is 364 g/mol. The van der Waals surface area contributed by atoms with Gasteiger partial charge in [0.15, 0.2) is 0 Å². The summed E-state index contributed by atoms with van der Waals surface area (Å²) in [5, 5.41) is 0. The molecule has 0 saturated carbocycles. The normalized spacial score (nSPS) is 21.2. The van der Waals surface area contributed by atoms with Crippen LogP contribution in [0.1, 0.15) is 0 Å². The van der Waals surface area contributed by atoms with Crippen LogP contribution in [0.2, 0.25) is 0 Å². The van der Waals surface area contributed by atoms with Gasteiger partial charge in [0.25, 0.3) is 0 Å². The highest BCUT2D eigenvalue weighted by atomic mass is 15.1. The summed E-state index contributed by atoms with van der Waals surface area (Å²) in [6.45, 7) is 0. The zero-order chi connectivity index (χ0) is 19.4. The summed E-state index contributed by atoms with van der Waals surface area (Å²) in [5.74, 6) is 0. The number of anilines is 1. The van der Waals surface area contributed by atoms with Crippen molar-refractivity contribution in [2.24, 2.45) is 0 Å². The van der Waals surface area contributed by atoms with Gasteiger partial charge in [0.05, 0.1) is 0 Å². The lowest BCUT2D eigenvalue weighted by Crippen LogP contribution is -2.14. The molecule has 28 heavy (non-hydrogen) atoms. The molecule has 0 spiro atoms. The number of hydrogen-bond acceptors (Lipinski definition) is 1. The van der Waals surface area contributed by atoms with Gasteiger partial charge in [-0.2, -0.15) is 0 Å². The smallest absolute Gasteiger partial charge is 0.0408 e. The summed E-state index contributed by atoms with van der Waals surface area (Å²) >= 11 is 0. The molecule has 0 amide bonds. The Balaban J connectivity index is 1.95. The minimum atomic E-state index is 1.10. The van der Waals surface area contributed by atoms with E-state index in [-0.39, 0.29) is 0 Å². The van der Waals surface area contributed by atoms with E-state index >= 15 is 0 Å². The molecule has 0 N–H and O–H groups in total. The van der Waals surface area contributed by atoms with Gasteiger partial charge in [0.2, 0.25) is 0 Å². The molecule has 3 rings (SSSR count). The van der Waals surface area contributed by atoms with Crippen LogP contribution >= 0.6 is 0 Å².